The highest BCUT2D eigenvalue weighted by Crippen LogP contribution is 2.32. The molecule has 0 saturated heterocycles. The molecule has 0 bridgehead atoms. The largest absolute Gasteiger partial charge is 0.353 e. The summed E-state index contributed by atoms with van der Waals surface area (Å²) in [4.78, 5) is 11.5. The quantitative estimate of drug-likeness (QED) is 0.630. The van der Waals surface area contributed by atoms with E-state index in [2.05, 4.69) is 31.4 Å². The summed E-state index contributed by atoms with van der Waals surface area (Å²) in [5.41, 5.74) is 0. The van der Waals surface area contributed by atoms with Crippen LogP contribution in [0.4, 0.5) is 0 Å². The van der Waals surface area contributed by atoms with Gasteiger partial charge in [-0.25, -0.2) is 0 Å². The summed E-state index contributed by atoms with van der Waals surface area (Å²) >= 11 is 0. The van der Waals surface area contributed by atoms with Gasteiger partial charge < -0.3 is 10.6 Å². The summed E-state index contributed by atoms with van der Waals surface area (Å²) in [6, 6.07) is 0.897. The van der Waals surface area contributed by atoms with Crippen LogP contribution < -0.4 is 10.6 Å². The van der Waals surface area contributed by atoms with E-state index in [0.717, 1.165) is 18.9 Å². The molecule has 0 aliphatic heterocycles. The highest BCUT2D eigenvalue weighted by atomic mass is 16.1. The second-order valence-electron chi connectivity index (χ2n) is 4.91. The SMILES string of the molecule is CC(C)NCCCC(=O)NC(C)C1CC1. The van der Waals surface area contributed by atoms with Crippen molar-refractivity contribution in [1.82, 2.24) is 10.6 Å². The number of rotatable bonds is 7. The lowest BCUT2D eigenvalue weighted by Crippen LogP contribution is -2.34. The van der Waals surface area contributed by atoms with Crippen LogP contribution in [0, 0.1) is 5.92 Å². The number of nitrogens with one attached hydrogen (secondary N) is 2. The fraction of sp³-hybridized carbons (Fsp3) is 0.917. The normalized spacial score (nSPS) is 17.9. The Morgan fingerprint density at radius 3 is 2.53 bits per heavy atom. The maximum absolute atomic E-state index is 11.5. The minimum Gasteiger partial charge on any atom is -0.353 e. The van der Waals surface area contributed by atoms with Crippen molar-refractivity contribution in [3.05, 3.63) is 0 Å². The number of hydrogen-bond donors (Lipinski definition) is 2. The molecular weight excluding hydrogens is 188 g/mol. The van der Waals surface area contributed by atoms with E-state index in [9.17, 15) is 4.79 Å². The van der Waals surface area contributed by atoms with Gasteiger partial charge in [0.1, 0.15) is 0 Å². The van der Waals surface area contributed by atoms with Crippen molar-refractivity contribution in [3.8, 4) is 0 Å². The Kier molecular flexibility index (Phi) is 5.09. The number of hydrogen-bond acceptors (Lipinski definition) is 2. The van der Waals surface area contributed by atoms with Crippen molar-refractivity contribution < 1.29 is 4.79 Å². The molecule has 1 fully saturated rings. The Morgan fingerprint density at radius 2 is 2.00 bits per heavy atom. The molecule has 0 aromatic carbocycles. The first kappa shape index (κ1) is 12.5. The second kappa shape index (κ2) is 6.11. The minimum atomic E-state index is 0.208. The fourth-order valence-electron chi connectivity index (χ4n) is 1.68. The zero-order valence-electron chi connectivity index (χ0n) is 10.2. The van der Waals surface area contributed by atoms with E-state index < -0.39 is 0 Å². The Morgan fingerprint density at radius 1 is 1.33 bits per heavy atom. The molecule has 1 unspecified atom stereocenters. The summed E-state index contributed by atoms with van der Waals surface area (Å²) < 4.78 is 0. The standard InChI is InChI=1S/C12H24N2O/c1-9(2)13-8-4-5-12(15)14-10(3)11-6-7-11/h9-11,13H,4-8H2,1-3H3,(H,14,15). The van der Waals surface area contributed by atoms with Crippen LogP contribution in [-0.4, -0.2) is 24.5 Å². The monoisotopic (exact) mass is 212 g/mol. The first-order valence-electron chi connectivity index (χ1n) is 6.12. The zero-order chi connectivity index (χ0) is 11.3. The predicted octanol–water partition coefficient (Wildman–Crippen LogP) is 1.68. The lowest BCUT2D eigenvalue weighted by Gasteiger charge is -2.13. The van der Waals surface area contributed by atoms with E-state index in [0.29, 0.717) is 18.5 Å². The molecule has 1 aliphatic carbocycles. The second-order valence-corrected chi connectivity index (χ2v) is 4.91. The third-order valence-electron chi connectivity index (χ3n) is 2.85. The average molecular weight is 212 g/mol. The zero-order valence-corrected chi connectivity index (χ0v) is 10.2. The summed E-state index contributed by atoms with van der Waals surface area (Å²) in [6.07, 6.45) is 4.16. The lowest BCUT2D eigenvalue weighted by atomic mass is 10.2. The van der Waals surface area contributed by atoms with Crippen molar-refractivity contribution in [3.63, 3.8) is 0 Å². The van der Waals surface area contributed by atoms with Gasteiger partial charge in [0.2, 0.25) is 5.91 Å². The van der Waals surface area contributed by atoms with Gasteiger partial charge in [0, 0.05) is 18.5 Å². The molecular formula is C12H24N2O. The van der Waals surface area contributed by atoms with Gasteiger partial charge in [-0.15, -0.1) is 0 Å². The number of amides is 1. The molecule has 0 aromatic heterocycles. The molecule has 1 atom stereocenters. The summed E-state index contributed by atoms with van der Waals surface area (Å²) in [7, 11) is 0. The number of carbonyl (C=O) groups excluding carboxylic acids is 1. The predicted molar refractivity (Wildman–Crippen MR) is 62.7 cm³/mol. The van der Waals surface area contributed by atoms with Crippen LogP contribution in [0.1, 0.15) is 46.5 Å². The molecule has 0 spiro atoms. The molecule has 1 amide bonds. The molecule has 88 valence electrons. The molecule has 0 aromatic rings. The van der Waals surface area contributed by atoms with Gasteiger partial charge in [0.05, 0.1) is 0 Å². The van der Waals surface area contributed by atoms with Gasteiger partial charge in [-0.2, -0.15) is 0 Å². The summed E-state index contributed by atoms with van der Waals surface area (Å²) in [5, 5.41) is 6.37. The third kappa shape index (κ3) is 5.78. The van der Waals surface area contributed by atoms with Crippen LogP contribution >= 0.6 is 0 Å². The van der Waals surface area contributed by atoms with Crippen LogP contribution in [0.25, 0.3) is 0 Å². The van der Waals surface area contributed by atoms with Crippen molar-refractivity contribution >= 4 is 5.91 Å². The third-order valence-corrected chi connectivity index (χ3v) is 2.85. The van der Waals surface area contributed by atoms with Crippen LogP contribution in [0.5, 0.6) is 0 Å². The lowest BCUT2D eigenvalue weighted by molar-refractivity contribution is -0.121. The van der Waals surface area contributed by atoms with Crippen LogP contribution in [0.2, 0.25) is 0 Å². The highest BCUT2D eigenvalue weighted by molar-refractivity contribution is 5.76. The van der Waals surface area contributed by atoms with Gasteiger partial charge >= 0.3 is 0 Å². The molecule has 3 heteroatoms. The van der Waals surface area contributed by atoms with Crippen molar-refractivity contribution in [2.75, 3.05) is 6.54 Å². The van der Waals surface area contributed by atoms with E-state index >= 15 is 0 Å². The smallest absolute Gasteiger partial charge is 0.220 e. The van der Waals surface area contributed by atoms with Crippen molar-refractivity contribution in [2.45, 2.75) is 58.5 Å². The fourth-order valence-corrected chi connectivity index (χ4v) is 1.68. The maximum atomic E-state index is 11.5. The molecule has 15 heavy (non-hydrogen) atoms. The molecule has 1 rings (SSSR count). The van der Waals surface area contributed by atoms with Crippen molar-refractivity contribution in [2.24, 2.45) is 5.92 Å². The Labute approximate surface area is 93.0 Å². The number of carbonyl (C=O) groups is 1. The maximum Gasteiger partial charge on any atom is 0.220 e. The first-order valence-corrected chi connectivity index (χ1v) is 6.12. The van der Waals surface area contributed by atoms with Crippen LogP contribution in [0.15, 0.2) is 0 Å². The molecule has 2 N–H and O–H groups in total. The van der Waals surface area contributed by atoms with Crippen molar-refractivity contribution in [1.29, 1.82) is 0 Å². The molecule has 0 heterocycles. The summed E-state index contributed by atoms with van der Waals surface area (Å²) in [6.45, 7) is 7.29. The van der Waals surface area contributed by atoms with E-state index in [-0.39, 0.29) is 5.91 Å². The highest BCUT2D eigenvalue weighted by Gasteiger charge is 2.28. The Bertz CT molecular complexity index is 200. The van der Waals surface area contributed by atoms with Gasteiger partial charge in [0.25, 0.3) is 0 Å². The van der Waals surface area contributed by atoms with E-state index in [1.54, 1.807) is 0 Å². The van der Waals surface area contributed by atoms with Crippen LogP contribution in [0.3, 0.4) is 0 Å². The average Bonchev–Trinajstić information content (AvgIpc) is 2.94. The molecule has 0 radical (unpaired) electrons. The van der Waals surface area contributed by atoms with Gasteiger partial charge in [-0.05, 0) is 38.6 Å². The van der Waals surface area contributed by atoms with E-state index in [4.69, 9.17) is 0 Å². The van der Waals surface area contributed by atoms with Crippen LogP contribution in [-0.2, 0) is 4.79 Å². The molecule has 1 aliphatic rings. The van der Waals surface area contributed by atoms with E-state index in [1.807, 2.05) is 0 Å². The Hall–Kier alpha value is -0.570. The van der Waals surface area contributed by atoms with E-state index in [1.165, 1.54) is 12.8 Å². The summed E-state index contributed by atoms with van der Waals surface area (Å²) in [5.74, 6) is 0.961. The minimum absolute atomic E-state index is 0.208. The molecule has 3 nitrogen and oxygen atoms in total. The molecule has 1 saturated carbocycles. The van der Waals surface area contributed by atoms with Gasteiger partial charge in [-0.3, -0.25) is 4.79 Å². The first-order chi connectivity index (χ1) is 7.09. The van der Waals surface area contributed by atoms with Gasteiger partial charge in [-0.1, -0.05) is 13.8 Å². The van der Waals surface area contributed by atoms with Gasteiger partial charge in [0.15, 0.2) is 0 Å². The topological polar surface area (TPSA) is 41.1 Å². The Balaban J connectivity index is 1.97.